The van der Waals surface area contributed by atoms with Gasteiger partial charge in [-0.1, -0.05) is 12.1 Å². The van der Waals surface area contributed by atoms with Crippen LogP contribution in [0.2, 0.25) is 0 Å². The Balaban J connectivity index is 2.39. The van der Waals surface area contributed by atoms with Gasteiger partial charge in [0.2, 0.25) is 0 Å². The van der Waals surface area contributed by atoms with Gasteiger partial charge < -0.3 is 9.32 Å². The summed E-state index contributed by atoms with van der Waals surface area (Å²) in [4.78, 5) is 13.6. The van der Waals surface area contributed by atoms with Crippen LogP contribution in [0.15, 0.2) is 45.7 Å². The minimum Gasteiger partial charge on any atom is -0.457 e. The summed E-state index contributed by atoms with van der Waals surface area (Å²) in [6, 6.07) is 7.74. The standard InChI is InChI=1S/C13H11BrFNO2/c1-2-16(11-6-4-3-5-10(11)15)13(17)9-7-8-18-12(9)14/h3-8H,2H2,1H3. The highest BCUT2D eigenvalue weighted by Crippen LogP contribution is 2.24. The molecule has 2 aromatic rings. The van der Waals surface area contributed by atoms with Crippen LogP contribution in [0.3, 0.4) is 0 Å². The summed E-state index contributed by atoms with van der Waals surface area (Å²) < 4.78 is 19.1. The molecule has 1 aromatic heterocycles. The minimum atomic E-state index is -0.424. The second-order valence-corrected chi connectivity index (χ2v) is 4.33. The highest BCUT2D eigenvalue weighted by atomic mass is 79.9. The lowest BCUT2D eigenvalue weighted by molar-refractivity contribution is 0.0986. The molecule has 1 heterocycles. The highest BCUT2D eigenvalue weighted by molar-refractivity contribution is 9.10. The number of furan rings is 1. The van der Waals surface area contributed by atoms with Gasteiger partial charge in [-0.25, -0.2) is 4.39 Å². The van der Waals surface area contributed by atoms with Crippen LogP contribution in [0.5, 0.6) is 0 Å². The highest BCUT2D eigenvalue weighted by Gasteiger charge is 2.22. The summed E-state index contributed by atoms with van der Waals surface area (Å²) in [5, 5.41) is 0. The second kappa shape index (κ2) is 5.35. The van der Waals surface area contributed by atoms with Crippen molar-refractivity contribution < 1.29 is 13.6 Å². The van der Waals surface area contributed by atoms with Gasteiger partial charge >= 0.3 is 0 Å². The average molecular weight is 312 g/mol. The van der Waals surface area contributed by atoms with Crippen LogP contribution in [0, 0.1) is 5.82 Å². The maximum absolute atomic E-state index is 13.7. The van der Waals surface area contributed by atoms with Crippen LogP contribution in [-0.4, -0.2) is 12.5 Å². The van der Waals surface area contributed by atoms with Crippen molar-refractivity contribution in [3.05, 3.63) is 52.6 Å². The first kappa shape index (κ1) is 12.8. The SMILES string of the molecule is CCN(C(=O)c1ccoc1Br)c1ccccc1F. The van der Waals surface area contributed by atoms with Gasteiger partial charge in [-0.05, 0) is 41.1 Å². The van der Waals surface area contributed by atoms with E-state index in [1.165, 1.54) is 17.2 Å². The summed E-state index contributed by atoms with van der Waals surface area (Å²) in [6.45, 7) is 2.16. The smallest absolute Gasteiger partial charge is 0.262 e. The van der Waals surface area contributed by atoms with Crippen molar-refractivity contribution in [3.63, 3.8) is 0 Å². The topological polar surface area (TPSA) is 33.5 Å². The van der Waals surface area contributed by atoms with E-state index in [-0.39, 0.29) is 11.6 Å². The zero-order valence-electron chi connectivity index (χ0n) is 9.69. The lowest BCUT2D eigenvalue weighted by Gasteiger charge is -2.20. The molecular formula is C13H11BrFNO2. The van der Waals surface area contributed by atoms with Gasteiger partial charge in [0.05, 0.1) is 17.5 Å². The number of hydrogen-bond acceptors (Lipinski definition) is 2. The molecule has 94 valence electrons. The van der Waals surface area contributed by atoms with Crippen LogP contribution in [-0.2, 0) is 0 Å². The molecule has 2 rings (SSSR count). The number of anilines is 1. The van der Waals surface area contributed by atoms with Crippen molar-refractivity contribution in [3.8, 4) is 0 Å². The van der Waals surface area contributed by atoms with E-state index in [4.69, 9.17) is 4.42 Å². The van der Waals surface area contributed by atoms with Gasteiger partial charge in [0, 0.05) is 6.54 Å². The zero-order chi connectivity index (χ0) is 13.1. The minimum absolute atomic E-state index is 0.262. The van der Waals surface area contributed by atoms with Crippen LogP contribution in [0.25, 0.3) is 0 Å². The predicted molar refractivity (Wildman–Crippen MR) is 70.2 cm³/mol. The number of carbonyl (C=O) groups is 1. The third-order valence-electron chi connectivity index (χ3n) is 2.55. The van der Waals surface area contributed by atoms with Gasteiger partial charge in [-0.15, -0.1) is 0 Å². The van der Waals surface area contributed by atoms with Crippen LogP contribution in [0.4, 0.5) is 10.1 Å². The monoisotopic (exact) mass is 311 g/mol. The van der Waals surface area contributed by atoms with Crippen molar-refractivity contribution in [1.82, 2.24) is 0 Å². The molecule has 3 nitrogen and oxygen atoms in total. The molecule has 1 aromatic carbocycles. The maximum Gasteiger partial charge on any atom is 0.262 e. The molecule has 0 aliphatic rings. The molecule has 1 amide bonds. The van der Waals surface area contributed by atoms with Crippen molar-refractivity contribution in [2.24, 2.45) is 0 Å². The molecule has 0 unspecified atom stereocenters. The van der Waals surface area contributed by atoms with Gasteiger partial charge in [0.15, 0.2) is 4.67 Å². The molecule has 0 spiro atoms. The van der Waals surface area contributed by atoms with Gasteiger partial charge in [-0.3, -0.25) is 4.79 Å². The van der Waals surface area contributed by atoms with Crippen molar-refractivity contribution in [2.75, 3.05) is 11.4 Å². The first-order valence-electron chi connectivity index (χ1n) is 5.44. The fourth-order valence-electron chi connectivity index (χ4n) is 1.69. The van der Waals surface area contributed by atoms with E-state index in [0.29, 0.717) is 16.8 Å². The Morgan fingerprint density at radius 1 is 1.39 bits per heavy atom. The Morgan fingerprint density at radius 2 is 2.11 bits per heavy atom. The fourth-order valence-corrected chi connectivity index (χ4v) is 2.10. The van der Waals surface area contributed by atoms with Crippen LogP contribution >= 0.6 is 15.9 Å². The third-order valence-corrected chi connectivity index (χ3v) is 3.17. The van der Waals surface area contributed by atoms with Crippen molar-refractivity contribution in [2.45, 2.75) is 6.92 Å². The number of para-hydroxylation sites is 1. The third kappa shape index (κ3) is 2.31. The van der Waals surface area contributed by atoms with Crippen molar-refractivity contribution >= 4 is 27.5 Å². The number of benzene rings is 1. The van der Waals surface area contributed by atoms with E-state index in [0.717, 1.165) is 0 Å². The van der Waals surface area contributed by atoms with Crippen LogP contribution < -0.4 is 4.90 Å². The zero-order valence-corrected chi connectivity index (χ0v) is 11.3. The molecule has 5 heteroatoms. The molecule has 0 fully saturated rings. The first-order chi connectivity index (χ1) is 8.65. The second-order valence-electron chi connectivity index (χ2n) is 3.61. The number of hydrogen-bond donors (Lipinski definition) is 0. The molecule has 0 bridgehead atoms. The van der Waals surface area contributed by atoms with E-state index in [2.05, 4.69) is 15.9 Å². The molecule has 18 heavy (non-hydrogen) atoms. The summed E-state index contributed by atoms with van der Waals surface area (Å²) >= 11 is 3.15. The summed E-state index contributed by atoms with van der Waals surface area (Å²) in [6.07, 6.45) is 1.41. The molecule has 0 saturated heterocycles. The van der Waals surface area contributed by atoms with E-state index in [1.807, 2.05) is 0 Å². The summed E-state index contributed by atoms with van der Waals surface area (Å²) in [5.74, 6) is -0.726. The summed E-state index contributed by atoms with van der Waals surface area (Å²) in [7, 11) is 0. The van der Waals surface area contributed by atoms with Gasteiger partial charge in [0.25, 0.3) is 5.91 Å². The Hall–Kier alpha value is -1.62. The number of amides is 1. The molecule has 0 atom stereocenters. The molecule has 0 saturated carbocycles. The average Bonchev–Trinajstić information content (AvgIpc) is 2.78. The van der Waals surface area contributed by atoms with Gasteiger partial charge in [-0.2, -0.15) is 0 Å². The molecule has 0 radical (unpaired) electrons. The maximum atomic E-state index is 13.7. The Morgan fingerprint density at radius 3 is 2.67 bits per heavy atom. The quantitative estimate of drug-likeness (QED) is 0.862. The van der Waals surface area contributed by atoms with E-state index in [9.17, 15) is 9.18 Å². The number of rotatable bonds is 3. The van der Waals surface area contributed by atoms with Crippen LogP contribution in [0.1, 0.15) is 17.3 Å². The van der Waals surface area contributed by atoms with E-state index in [1.54, 1.807) is 31.2 Å². The molecule has 0 N–H and O–H groups in total. The fraction of sp³-hybridized carbons (Fsp3) is 0.154. The first-order valence-corrected chi connectivity index (χ1v) is 6.23. The Bertz CT molecular complexity index is 568. The summed E-state index contributed by atoms with van der Waals surface area (Å²) in [5.41, 5.74) is 0.637. The lowest BCUT2D eigenvalue weighted by atomic mass is 10.2. The number of nitrogens with zero attached hydrogens (tertiary/aromatic N) is 1. The molecule has 0 aliphatic carbocycles. The largest absolute Gasteiger partial charge is 0.457 e. The Kier molecular flexibility index (Phi) is 3.81. The van der Waals surface area contributed by atoms with Gasteiger partial charge in [0.1, 0.15) is 5.82 Å². The lowest BCUT2D eigenvalue weighted by Crippen LogP contribution is -2.31. The Labute approximate surface area is 112 Å². The number of halogens is 2. The predicted octanol–water partition coefficient (Wildman–Crippen LogP) is 3.85. The van der Waals surface area contributed by atoms with E-state index < -0.39 is 5.82 Å². The normalized spacial score (nSPS) is 10.4. The molecule has 0 aliphatic heterocycles. The van der Waals surface area contributed by atoms with Crippen molar-refractivity contribution in [1.29, 1.82) is 0 Å². The van der Waals surface area contributed by atoms with E-state index >= 15 is 0 Å². The molecular weight excluding hydrogens is 301 g/mol. The number of carbonyl (C=O) groups excluding carboxylic acids is 1.